The molecule has 1 aliphatic heterocycles. The summed E-state index contributed by atoms with van der Waals surface area (Å²) in [7, 11) is 0. The summed E-state index contributed by atoms with van der Waals surface area (Å²) >= 11 is 5.69. The lowest BCUT2D eigenvalue weighted by Crippen LogP contribution is -2.47. The Labute approximate surface area is 109 Å². The molecule has 0 aromatic heterocycles. The molecule has 18 heavy (non-hydrogen) atoms. The van der Waals surface area contributed by atoms with Crippen LogP contribution in [0.5, 0.6) is 5.75 Å². The van der Waals surface area contributed by atoms with Crippen molar-refractivity contribution >= 4 is 23.4 Å². The molecule has 1 atom stereocenters. The number of benzene rings is 1. The molecule has 96 valence electrons. The van der Waals surface area contributed by atoms with Gasteiger partial charge in [0.05, 0.1) is 5.56 Å². The van der Waals surface area contributed by atoms with E-state index in [4.69, 9.17) is 11.6 Å². The molecule has 2 rings (SSSR count). The van der Waals surface area contributed by atoms with Crippen molar-refractivity contribution in [1.29, 1.82) is 0 Å². The molecule has 0 saturated carbocycles. The van der Waals surface area contributed by atoms with Crippen LogP contribution in [0.3, 0.4) is 0 Å². The van der Waals surface area contributed by atoms with E-state index in [1.54, 1.807) is 6.07 Å². The highest BCUT2D eigenvalue weighted by atomic mass is 35.5. The number of hydrogen-bond acceptors (Lipinski definition) is 3. The maximum Gasteiger partial charge on any atom is 0.255 e. The van der Waals surface area contributed by atoms with E-state index in [2.05, 4.69) is 10.6 Å². The number of phenols is 1. The Hall–Kier alpha value is -1.75. The van der Waals surface area contributed by atoms with Gasteiger partial charge in [0, 0.05) is 24.0 Å². The van der Waals surface area contributed by atoms with Crippen LogP contribution in [0.4, 0.5) is 0 Å². The molecular weight excluding hydrogens is 256 g/mol. The highest BCUT2D eigenvalue weighted by molar-refractivity contribution is 6.30. The Morgan fingerprint density at radius 2 is 2.28 bits per heavy atom. The largest absolute Gasteiger partial charge is 0.507 e. The monoisotopic (exact) mass is 268 g/mol. The topological polar surface area (TPSA) is 78.4 Å². The normalized spacial score (nSPS) is 19.2. The number of amides is 2. The van der Waals surface area contributed by atoms with E-state index in [-0.39, 0.29) is 29.2 Å². The zero-order valence-corrected chi connectivity index (χ0v) is 10.3. The number of piperidine rings is 1. The van der Waals surface area contributed by atoms with Gasteiger partial charge in [-0.25, -0.2) is 0 Å². The van der Waals surface area contributed by atoms with Crippen LogP contribution in [0.2, 0.25) is 5.02 Å². The third-order valence-corrected chi connectivity index (χ3v) is 3.04. The van der Waals surface area contributed by atoms with Gasteiger partial charge in [-0.15, -0.1) is 0 Å². The molecule has 0 radical (unpaired) electrons. The van der Waals surface area contributed by atoms with E-state index in [0.717, 1.165) is 0 Å². The quantitative estimate of drug-likeness (QED) is 0.750. The number of carbonyl (C=O) groups is 2. The lowest BCUT2D eigenvalue weighted by Gasteiger charge is -2.23. The standard InChI is InChI=1S/C12H13ClN2O3/c13-7-1-3-9(10(16)5-7)12(18)15-8-2-4-11(17)14-6-8/h1,3,5,8,16H,2,4,6H2,(H,14,17)(H,15,18). The summed E-state index contributed by atoms with van der Waals surface area (Å²) in [5, 5.41) is 15.4. The molecule has 1 aliphatic rings. The van der Waals surface area contributed by atoms with Gasteiger partial charge in [-0.2, -0.15) is 0 Å². The molecule has 5 nitrogen and oxygen atoms in total. The van der Waals surface area contributed by atoms with E-state index >= 15 is 0 Å². The Bertz CT molecular complexity index is 480. The Kier molecular flexibility index (Phi) is 3.72. The summed E-state index contributed by atoms with van der Waals surface area (Å²) in [6.07, 6.45) is 1.00. The van der Waals surface area contributed by atoms with Gasteiger partial charge < -0.3 is 15.7 Å². The number of hydrogen-bond donors (Lipinski definition) is 3. The second-order valence-corrected chi connectivity index (χ2v) is 4.61. The van der Waals surface area contributed by atoms with Crippen LogP contribution in [0, 0.1) is 0 Å². The van der Waals surface area contributed by atoms with E-state index in [9.17, 15) is 14.7 Å². The van der Waals surface area contributed by atoms with Crippen molar-refractivity contribution in [3.05, 3.63) is 28.8 Å². The number of aromatic hydroxyl groups is 1. The summed E-state index contributed by atoms with van der Waals surface area (Å²) in [6.45, 7) is 0.416. The Morgan fingerprint density at radius 3 is 2.89 bits per heavy atom. The zero-order chi connectivity index (χ0) is 13.1. The first-order chi connectivity index (χ1) is 8.56. The van der Waals surface area contributed by atoms with Crippen molar-refractivity contribution < 1.29 is 14.7 Å². The minimum atomic E-state index is -0.370. The van der Waals surface area contributed by atoms with Gasteiger partial charge in [0.1, 0.15) is 5.75 Å². The number of phenolic OH excluding ortho intramolecular Hbond substituents is 1. The SMILES string of the molecule is O=C1CCC(NC(=O)c2ccc(Cl)cc2O)CN1. The molecule has 0 aliphatic carbocycles. The molecule has 0 bridgehead atoms. The number of rotatable bonds is 2. The van der Waals surface area contributed by atoms with Gasteiger partial charge >= 0.3 is 0 Å². The van der Waals surface area contributed by atoms with E-state index in [0.29, 0.717) is 24.4 Å². The third kappa shape index (κ3) is 2.92. The molecule has 2 amide bonds. The van der Waals surface area contributed by atoms with Crippen LogP contribution in [0.15, 0.2) is 18.2 Å². The van der Waals surface area contributed by atoms with Crippen LogP contribution in [-0.2, 0) is 4.79 Å². The molecule has 1 fully saturated rings. The predicted octanol–water partition coefficient (Wildman–Crippen LogP) is 1.05. The average Bonchev–Trinajstić information content (AvgIpc) is 2.32. The van der Waals surface area contributed by atoms with Gasteiger partial charge in [0.15, 0.2) is 0 Å². The number of nitrogens with one attached hydrogen (secondary N) is 2. The molecular formula is C12H13ClN2O3. The van der Waals surface area contributed by atoms with Crippen molar-refractivity contribution in [1.82, 2.24) is 10.6 Å². The summed E-state index contributed by atoms with van der Waals surface area (Å²) < 4.78 is 0. The highest BCUT2D eigenvalue weighted by Crippen LogP contribution is 2.22. The third-order valence-electron chi connectivity index (χ3n) is 2.81. The molecule has 1 aromatic rings. The van der Waals surface area contributed by atoms with Gasteiger partial charge in [-0.1, -0.05) is 11.6 Å². The molecule has 1 saturated heterocycles. The van der Waals surface area contributed by atoms with Crippen molar-refractivity contribution in [3.63, 3.8) is 0 Å². The molecule has 3 N–H and O–H groups in total. The molecule has 0 spiro atoms. The summed E-state index contributed by atoms with van der Waals surface area (Å²) in [4.78, 5) is 22.9. The lowest BCUT2D eigenvalue weighted by molar-refractivity contribution is -0.122. The molecule has 1 unspecified atom stereocenters. The van der Waals surface area contributed by atoms with Crippen molar-refractivity contribution in [3.8, 4) is 5.75 Å². The van der Waals surface area contributed by atoms with Crippen LogP contribution < -0.4 is 10.6 Å². The van der Waals surface area contributed by atoms with Crippen molar-refractivity contribution in [2.75, 3.05) is 6.54 Å². The predicted molar refractivity (Wildman–Crippen MR) is 66.6 cm³/mol. The first-order valence-corrected chi connectivity index (χ1v) is 6.00. The summed E-state index contributed by atoms with van der Waals surface area (Å²) in [6, 6.07) is 4.22. The average molecular weight is 269 g/mol. The number of halogens is 1. The van der Waals surface area contributed by atoms with Gasteiger partial charge in [-0.05, 0) is 24.6 Å². The van der Waals surface area contributed by atoms with Crippen molar-refractivity contribution in [2.45, 2.75) is 18.9 Å². The van der Waals surface area contributed by atoms with Crippen LogP contribution in [0.1, 0.15) is 23.2 Å². The summed E-state index contributed by atoms with van der Waals surface area (Å²) in [5.41, 5.74) is 0.177. The number of carbonyl (C=O) groups excluding carboxylic acids is 2. The van der Waals surface area contributed by atoms with E-state index in [1.807, 2.05) is 0 Å². The fourth-order valence-corrected chi connectivity index (χ4v) is 1.98. The molecule has 6 heteroatoms. The molecule has 1 aromatic carbocycles. The minimum absolute atomic E-state index is 0.00478. The van der Waals surface area contributed by atoms with Gasteiger partial charge in [0.25, 0.3) is 5.91 Å². The molecule has 1 heterocycles. The second kappa shape index (κ2) is 5.27. The maximum absolute atomic E-state index is 11.9. The Balaban J connectivity index is 2.01. The second-order valence-electron chi connectivity index (χ2n) is 4.17. The fraction of sp³-hybridized carbons (Fsp3) is 0.333. The Morgan fingerprint density at radius 1 is 1.50 bits per heavy atom. The highest BCUT2D eigenvalue weighted by Gasteiger charge is 2.21. The fourth-order valence-electron chi connectivity index (χ4n) is 1.82. The first-order valence-electron chi connectivity index (χ1n) is 5.62. The van der Waals surface area contributed by atoms with Crippen LogP contribution >= 0.6 is 11.6 Å². The van der Waals surface area contributed by atoms with E-state index < -0.39 is 0 Å². The van der Waals surface area contributed by atoms with Crippen molar-refractivity contribution in [2.24, 2.45) is 0 Å². The smallest absolute Gasteiger partial charge is 0.255 e. The maximum atomic E-state index is 11.9. The van der Waals surface area contributed by atoms with Crippen LogP contribution in [0.25, 0.3) is 0 Å². The first kappa shape index (κ1) is 12.7. The van der Waals surface area contributed by atoms with Crippen LogP contribution in [-0.4, -0.2) is 29.5 Å². The van der Waals surface area contributed by atoms with Gasteiger partial charge in [-0.3, -0.25) is 9.59 Å². The summed E-state index contributed by atoms with van der Waals surface area (Å²) in [5.74, 6) is -0.528. The zero-order valence-electron chi connectivity index (χ0n) is 9.57. The lowest BCUT2D eigenvalue weighted by atomic mass is 10.1. The minimum Gasteiger partial charge on any atom is -0.507 e. The van der Waals surface area contributed by atoms with E-state index in [1.165, 1.54) is 12.1 Å². The van der Waals surface area contributed by atoms with Gasteiger partial charge in [0.2, 0.25) is 5.91 Å².